The molecule has 3 amide bonds. The highest BCUT2D eigenvalue weighted by atomic mass is 35.5. The number of hydrogen-bond donors (Lipinski definition) is 2. The van der Waals surface area contributed by atoms with Crippen molar-refractivity contribution in [2.24, 2.45) is 0 Å². The van der Waals surface area contributed by atoms with Gasteiger partial charge in [0.15, 0.2) is 0 Å². The molecule has 0 spiro atoms. The molecule has 0 aliphatic carbocycles. The Morgan fingerprint density at radius 1 is 1.24 bits per heavy atom. The quantitative estimate of drug-likeness (QED) is 0.874. The Morgan fingerprint density at radius 3 is 2.33 bits per heavy atom. The number of carboxylic acid groups (broad SMARTS) is 1. The Morgan fingerprint density at radius 2 is 1.81 bits per heavy atom. The number of carbonyl (C=O) groups excluding carboxylic acids is 2. The first kappa shape index (κ1) is 17.0. The zero-order chi connectivity index (χ0) is 16.0. The highest BCUT2D eigenvalue weighted by Gasteiger charge is 2.19. The predicted octanol–water partition coefficient (Wildman–Crippen LogP) is 2.43. The molecular weight excluding hydrogens is 296 g/mol. The number of nitrogens with zero attached hydrogens (tertiary/aromatic N) is 1. The molecule has 1 rings (SSSR count). The average Bonchev–Trinajstić information content (AvgIpc) is 2.44. The number of rotatable bonds is 5. The van der Waals surface area contributed by atoms with Crippen LogP contribution >= 0.6 is 11.6 Å². The lowest BCUT2D eigenvalue weighted by atomic mass is 10.1. The summed E-state index contributed by atoms with van der Waals surface area (Å²) >= 11 is 5.80. The van der Waals surface area contributed by atoms with Gasteiger partial charge in [-0.1, -0.05) is 23.7 Å². The molecule has 1 unspecified atom stereocenters. The molecule has 1 atom stereocenters. The van der Waals surface area contributed by atoms with Crippen LogP contribution in [0.2, 0.25) is 5.02 Å². The summed E-state index contributed by atoms with van der Waals surface area (Å²) in [7, 11) is 1.55. The Labute approximate surface area is 127 Å². The third-order valence-corrected chi connectivity index (χ3v) is 3.32. The zero-order valence-corrected chi connectivity index (χ0v) is 12.6. The van der Waals surface area contributed by atoms with Crippen LogP contribution in [0.4, 0.5) is 4.79 Å². The highest BCUT2D eigenvalue weighted by molar-refractivity contribution is 6.30. The Kier molecular flexibility index (Phi) is 6.17. The normalized spacial score (nSPS) is 11.6. The van der Waals surface area contributed by atoms with Gasteiger partial charge in [-0.2, -0.15) is 0 Å². The van der Waals surface area contributed by atoms with Crippen LogP contribution in [0.25, 0.3) is 0 Å². The lowest BCUT2D eigenvalue weighted by molar-refractivity contribution is -0.138. The lowest BCUT2D eigenvalue weighted by Gasteiger charge is -2.25. The van der Waals surface area contributed by atoms with E-state index in [1.54, 1.807) is 31.3 Å². The first-order chi connectivity index (χ1) is 9.81. The minimum Gasteiger partial charge on any atom is -0.481 e. The van der Waals surface area contributed by atoms with Gasteiger partial charge in [-0.3, -0.25) is 14.9 Å². The van der Waals surface area contributed by atoms with E-state index >= 15 is 0 Å². The van der Waals surface area contributed by atoms with Crippen LogP contribution in [-0.2, 0) is 9.59 Å². The molecule has 0 fully saturated rings. The average molecular weight is 313 g/mol. The van der Waals surface area contributed by atoms with Crippen LogP contribution in [0.5, 0.6) is 0 Å². The molecule has 1 aromatic carbocycles. The SMILES string of the molecule is CC(c1ccc(Cl)cc1)N(C)C(=O)NC(=O)CCC(=O)O. The minimum atomic E-state index is -1.08. The molecule has 114 valence electrons. The summed E-state index contributed by atoms with van der Waals surface area (Å²) in [5, 5.41) is 11.2. The zero-order valence-electron chi connectivity index (χ0n) is 11.8. The largest absolute Gasteiger partial charge is 0.481 e. The summed E-state index contributed by atoms with van der Waals surface area (Å²) in [6.45, 7) is 1.81. The summed E-state index contributed by atoms with van der Waals surface area (Å²) < 4.78 is 0. The number of carboxylic acids is 1. The molecule has 0 heterocycles. The smallest absolute Gasteiger partial charge is 0.324 e. The van der Waals surface area contributed by atoms with Crippen molar-refractivity contribution in [3.05, 3.63) is 34.9 Å². The van der Waals surface area contributed by atoms with Crippen molar-refractivity contribution < 1.29 is 19.5 Å². The van der Waals surface area contributed by atoms with E-state index in [0.29, 0.717) is 5.02 Å². The maximum Gasteiger partial charge on any atom is 0.324 e. The molecule has 0 aliphatic heterocycles. The molecule has 2 N–H and O–H groups in total. The third kappa shape index (κ3) is 5.43. The number of carbonyl (C=O) groups is 3. The molecule has 21 heavy (non-hydrogen) atoms. The van der Waals surface area contributed by atoms with E-state index in [1.165, 1.54) is 4.90 Å². The van der Waals surface area contributed by atoms with Gasteiger partial charge in [0.1, 0.15) is 0 Å². The molecule has 0 aromatic heterocycles. The number of halogens is 1. The van der Waals surface area contributed by atoms with E-state index in [4.69, 9.17) is 16.7 Å². The predicted molar refractivity (Wildman–Crippen MR) is 78.0 cm³/mol. The van der Waals surface area contributed by atoms with Gasteiger partial charge in [-0.05, 0) is 24.6 Å². The molecular formula is C14H17ClN2O4. The van der Waals surface area contributed by atoms with Gasteiger partial charge in [0.05, 0.1) is 12.5 Å². The van der Waals surface area contributed by atoms with Crippen LogP contribution in [0.3, 0.4) is 0 Å². The van der Waals surface area contributed by atoms with Crippen molar-refractivity contribution in [3.63, 3.8) is 0 Å². The second-order valence-electron chi connectivity index (χ2n) is 4.59. The van der Waals surface area contributed by atoms with Gasteiger partial charge in [0.25, 0.3) is 0 Å². The molecule has 6 nitrogen and oxygen atoms in total. The summed E-state index contributed by atoms with van der Waals surface area (Å²) in [4.78, 5) is 35.0. The van der Waals surface area contributed by atoms with Crippen molar-refractivity contribution >= 4 is 29.5 Å². The van der Waals surface area contributed by atoms with Gasteiger partial charge in [-0.25, -0.2) is 4.79 Å². The van der Waals surface area contributed by atoms with Crippen LogP contribution in [0.15, 0.2) is 24.3 Å². The molecule has 0 saturated heterocycles. The van der Waals surface area contributed by atoms with E-state index in [9.17, 15) is 14.4 Å². The molecule has 1 aromatic rings. The summed E-state index contributed by atoms with van der Waals surface area (Å²) in [5.41, 5.74) is 0.870. The summed E-state index contributed by atoms with van der Waals surface area (Å²) in [6.07, 6.45) is -0.542. The van der Waals surface area contributed by atoms with E-state index < -0.39 is 17.9 Å². The van der Waals surface area contributed by atoms with E-state index in [1.807, 2.05) is 6.92 Å². The lowest BCUT2D eigenvalue weighted by Crippen LogP contribution is -2.41. The molecule has 0 aliphatic rings. The van der Waals surface area contributed by atoms with E-state index in [2.05, 4.69) is 5.32 Å². The number of imide groups is 1. The molecule has 7 heteroatoms. The van der Waals surface area contributed by atoms with Crippen molar-refractivity contribution in [2.45, 2.75) is 25.8 Å². The fourth-order valence-corrected chi connectivity index (χ4v) is 1.76. The van der Waals surface area contributed by atoms with Crippen LogP contribution < -0.4 is 5.32 Å². The minimum absolute atomic E-state index is 0.232. The van der Waals surface area contributed by atoms with Gasteiger partial charge in [0, 0.05) is 18.5 Å². The second-order valence-corrected chi connectivity index (χ2v) is 5.02. The summed E-state index contributed by atoms with van der Waals surface area (Å²) in [6, 6.07) is 6.20. The van der Waals surface area contributed by atoms with Crippen molar-refractivity contribution in [1.82, 2.24) is 10.2 Å². The number of amides is 3. The van der Waals surface area contributed by atoms with Gasteiger partial charge in [-0.15, -0.1) is 0 Å². The number of aliphatic carboxylic acids is 1. The molecule has 0 radical (unpaired) electrons. The van der Waals surface area contributed by atoms with Crippen LogP contribution in [-0.4, -0.2) is 35.0 Å². The number of urea groups is 1. The number of benzene rings is 1. The maximum atomic E-state index is 11.9. The van der Waals surface area contributed by atoms with Crippen molar-refractivity contribution in [3.8, 4) is 0 Å². The first-order valence-electron chi connectivity index (χ1n) is 6.35. The fraction of sp³-hybridized carbons (Fsp3) is 0.357. The number of hydrogen-bond acceptors (Lipinski definition) is 3. The van der Waals surface area contributed by atoms with Crippen LogP contribution in [0.1, 0.15) is 31.4 Å². The Balaban J connectivity index is 2.59. The highest BCUT2D eigenvalue weighted by Crippen LogP contribution is 2.20. The third-order valence-electron chi connectivity index (χ3n) is 3.07. The van der Waals surface area contributed by atoms with Gasteiger partial charge in [0.2, 0.25) is 5.91 Å². The van der Waals surface area contributed by atoms with Gasteiger partial charge < -0.3 is 10.0 Å². The summed E-state index contributed by atoms with van der Waals surface area (Å²) in [5.74, 6) is -1.70. The maximum absolute atomic E-state index is 11.9. The standard InChI is InChI=1S/C14H17ClN2O4/c1-9(10-3-5-11(15)6-4-10)17(2)14(21)16-12(18)7-8-13(19)20/h3-6,9H,7-8H2,1-2H3,(H,19,20)(H,16,18,21). The first-order valence-corrected chi connectivity index (χ1v) is 6.73. The molecule has 0 bridgehead atoms. The topological polar surface area (TPSA) is 86.7 Å². The molecule has 0 saturated carbocycles. The van der Waals surface area contributed by atoms with Gasteiger partial charge >= 0.3 is 12.0 Å². The monoisotopic (exact) mass is 312 g/mol. The Bertz CT molecular complexity index is 530. The van der Waals surface area contributed by atoms with Crippen molar-refractivity contribution in [1.29, 1.82) is 0 Å². The number of nitrogens with one attached hydrogen (secondary N) is 1. The van der Waals surface area contributed by atoms with Crippen molar-refractivity contribution in [2.75, 3.05) is 7.05 Å². The Hall–Kier alpha value is -2.08. The fourth-order valence-electron chi connectivity index (χ4n) is 1.63. The van der Waals surface area contributed by atoms with Crippen LogP contribution in [0, 0.1) is 0 Å². The van der Waals surface area contributed by atoms with E-state index in [-0.39, 0.29) is 18.9 Å². The van der Waals surface area contributed by atoms with E-state index in [0.717, 1.165) is 5.56 Å². The second kappa shape index (κ2) is 7.64.